The number of nitrogens with two attached hydrogens (primary N) is 1. The van der Waals surface area contributed by atoms with Gasteiger partial charge < -0.3 is 20.5 Å². The number of carbonyl (C=O) groups is 1. The average molecular weight is 332 g/mol. The quantitative estimate of drug-likeness (QED) is 0.869. The van der Waals surface area contributed by atoms with E-state index in [9.17, 15) is 4.79 Å². The molecule has 0 aromatic heterocycles. The number of benzene rings is 1. The zero-order valence-electron chi connectivity index (χ0n) is 14.5. The summed E-state index contributed by atoms with van der Waals surface area (Å²) in [5.74, 6) is 2.44. The zero-order chi connectivity index (χ0) is 17.1. The van der Waals surface area contributed by atoms with Crippen LogP contribution in [0.15, 0.2) is 24.3 Å². The molecule has 2 aliphatic carbocycles. The highest BCUT2D eigenvalue weighted by Gasteiger charge is 2.40. The molecular weight excluding hydrogens is 304 g/mol. The van der Waals surface area contributed by atoms with Crippen LogP contribution in [-0.2, 0) is 4.79 Å². The van der Waals surface area contributed by atoms with Gasteiger partial charge in [-0.2, -0.15) is 0 Å². The molecule has 1 amide bonds. The van der Waals surface area contributed by atoms with E-state index in [2.05, 4.69) is 5.32 Å². The van der Waals surface area contributed by atoms with E-state index in [0.29, 0.717) is 23.6 Å². The highest BCUT2D eigenvalue weighted by molar-refractivity contribution is 5.81. The maximum absolute atomic E-state index is 12.6. The summed E-state index contributed by atoms with van der Waals surface area (Å²) >= 11 is 0. The molecule has 132 valence electrons. The van der Waals surface area contributed by atoms with Gasteiger partial charge in [0.25, 0.3) is 5.91 Å². The fourth-order valence-corrected chi connectivity index (χ4v) is 4.22. The third-order valence-electron chi connectivity index (χ3n) is 5.43. The SMILES string of the molecule is COc1ccc(OC(C)C(=O)NC2C3CCCC2CC(N)C3)cc1. The van der Waals surface area contributed by atoms with Crippen molar-refractivity contribution >= 4 is 5.91 Å². The van der Waals surface area contributed by atoms with Gasteiger partial charge in [-0.15, -0.1) is 0 Å². The van der Waals surface area contributed by atoms with Gasteiger partial charge >= 0.3 is 0 Å². The van der Waals surface area contributed by atoms with Crippen molar-refractivity contribution in [1.29, 1.82) is 0 Å². The second-order valence-electron chi connectivity index (χ2n) is 7.15. The van der Waals surface area contributed by atoms with Crippen LogP contribution in [0.4, 0.5) is 0 Å². The number of hydrogen-bond acceptors (Lipinski definition) is 4. The van der Waals surface area contributed by atoms with Crippen molar-refractivity contribution in [3.05, 3.63) is 24.3 Å². The van der Waals surface area contributed by atoms with Crippen molar-refractivity contribution in [1.82, 2.24) is 5.32 Å². The summed E-state index contributed by atoms with van der Waals surface area (Å²) in [4.78, 5) is 12.6. The molecule has 3 unspecified atom stereocenters. The molecule has 0 spiro atoms. The molecule has 3 atom stereocenters. The lowest BCUT2D eigenvalue weighted by molar-refractivity contribution is -0.129. The van der Waals surface area contributed by atoms with Gasteiger partial charge in [0, 0.05) is 12.1 Å². The fourth-order valence-electron chi connectivity index (χ4n) is 4.22. The fraction of sp³-hybridized carbons (Fsp3) is 0.632. The minimum absolute atomic E-state index is 0.0387. The van der Waals surface area contributed by atoms with Gasteiger partial charge in [0.15, 0.2) is 6.10 Å². The number of fused-ring (bicyclic) bond motifs is 2. The van der Waals surface area contributed by atoms with Gasteiger partial charge in [0.05, 0.1) is 7.11 Å². The Balaban J connectivity index is 1.57. The molecular formula is C19H28N2O3. The van der Waals surface area contributed by atoms with Crippen LogP contribution < -0.4 is 20.5 Å². The van der Waals surface area contributed by atoms with E-state index in [1.54, 1.807) is 14.0 Å². The molecule has 0 heterocycles. The predicted octanol–water partition coefficient (Wildman–Crippen LogP) is 2.48. The Labute approximate surface area is 143 Å². The number of amides is 1. The van der Waals surface area contributed by atoms with Crippen molar-refractivity contribution in [2.75, 3.05) is 7.11 Å². The summed E-state index contributed by atoms with van der Waals surface area (Å²) in [6.07, 6.45) is 5.12. The van der Waals surface area contributed by atoms with Crippen molar-refractivity contribution in [2.45, 2.75) is 57.2 Å². The topological polar surface area (TPSA) is 73.6 Å². The minimum atomic E-state index is -0.519. The van der Waals surface area contributed by atoms with Crippen LogP contribution >= 0.6 is 0 Å². The molecule has 3 rings (SSSR count). The van der Waals surface area contributed by atoms with Gasteiger partial charge in [0.2, 0.25) is 0 Å². The smallest absolute Gasteiger partial charge is 0.261 e. The maximum Gasteiger partial charge on any atom is 0.261 e. The lowest BCUT2D eigenvalue weighted by Gasteiger charge is -2.45. The van der Waals surface area contributed by atoms with Crippen LogP contribution in [0.2, 0.25) is 0 Å². The summed E-state index contributed by atoms with van der Waals surface area (Å²) in [5, 5.41) is 3.24. The van der Waals surface area contributed by atoms with Gasteiger partial charge in [-0.05, 0) is 68.7 Å². The van der Waals surface area contributed by atoms with Crippen molar-refractivity contribution in [3.8, 4) is 11.5 Å². The van der Waals surface area contributed by atoms with E-state index in [1.807, 2.05) is 24.3 Å². The van der Waals surface area contributed by atoms with Gasteiger partial charge in [-0.3, -0.25) is 4.79 Å². The van der Waals surface area contributed by atoms with Crippen molar-refractivity contribution in [3.63, 3.8) is 0 Å². The van der Waals surface area contributed by atoms with Gasteiger partial charge in [-0.1, -0.05) is 6.42 Å². The third kappa shape index (κ3) is 3.83. The molecule has 0 saturated heterocycles. The maximum atomic E-state index is 12.6. The lowest BCUT2D eigenvalue weighted by atomic mass is 9.67. The van der Waals surface area contributed by atoms with Crippen LogP contribution in [-0.4, -0.2) is 31.2 Å². The molecule has 5 heteroatoms. The molecule has 0 aliphatic heterocycles. The Morgan fingerprint density at radius 1 is 1.17 bits per heavy atom. The molecule has 24 heavy (non-hydrogen) atoms. The van der Waals surface area contributed by atoms with E-state index in [1.165, 1.54) is 19.3 Å². The first-order valence-electron chi connectivity index (χ1n) is 8.93. The molecule has 2 bridgehead atoms. The first-order valence-corrected chi connectivity index (χ1v) is 8.93. The number of nitrogens with one attached hydrogen (secondary N) is 1. The molecule has 2 aliphatic rings. The number of ether oxygens (including phenoxy) is 2. The highest BCUT2D eigenvalue weighted by atomic mass is 16.5. The molecule has 2 saturated carbocycles. The Bertz CT molecular complexity index is 546. The molecule has 1 aromatic rings. The van der Waals surface area contributed by atoms with E-state index in [0.717, 1.165) is 18.6 Å². The largest absolute Gasteiger partial charge is 0.497 e. The molecule has 1 aromatic carbocycles. The number of rotatable bonds is 5. The monoisotopic (exact) mass is 332 g/mol. The molecule has 0 radical (unpaired) electrons. The van der Waals surface area contributed by atoms with Crippen LogP contribution in [0.5, 0.6) is 11.5 Å². The zero-order valence-corrected chi connectivity index (χ0v) is 14.5. The van der Waals surface area contributed by atoms with Crippen LogP contribution in [0, 0.1) is 11.8 Å². The highest BCUT2D eigenvalue weighted by Crippen LogP contribution is 2.39. The van der Waals surface area contributed by atoms with Gasteiger partial charge in [-0.25, -0.2) is 0 Å². The lowest BCUT2D eigenvalue weighted by Crippen LogP contribution is -2.55. The Hall–Kier alpha value is -1.75. The van der Waals surface area contributed by atoms with E-state index in [-0.39, 0.29) is 11.9 Å². The Morgan fingerprint density at radius 3 is 2.33 bits per heavy atom. The van der Waals surface area contributed by atoms with Crippen LogP contribution in [0.25, 0.3) is 0 Å². The average Bonchev–Trinajstić information content (AvgIpc) is 2.56. The summed E-state index contributed by atoms with van der Waals surface area (Å²) in [6.45, 7) is 1.80. The second-order valence-corrected chi connectivity index (χ2v) is 7.15. The normalized spacial score (nSPS) is 30.3. The standard InChI is InChI=1S/C19H28N2O3/c1-12(24-17-8-6-16(23-2)7-9-17)19(22)21-18-13-4-3-5-14(18)11-15(20)10-13/h6-9,12-15,18H,3-5,10-11,20H2,1-2H3,(H,21,22). The number of hydrogen-bond donors (Lipinski definition) is 2. The van der Waals surface area contributed by atoms with Gasteiger partial charge in [0.1, 0.15) is 11.5 Å². The number of carbonyl (C=O) groups excluding carboxylic acids is 1. The summed E-state index contributed by atoms with van der Waals surface area (Å²) in [5.41, 5.74) is 6.16. The van der Waals surface area contributed by atoms with Crippen LogP contribution in [0.3, 0.4) is 0 Å². The molecule has 3 N–H and O–H groups in total. The summed E-state index contributed by atoms with van der Waals surface area (Å²) < 4.78 is 10.9. The summed E-state index contributed by atoms with van der Waals surface area (Å²) in [7, 11) is 1.62. The third-order valence-corrected chi connectivity index (χ3v) is 5.43. The predicted molar refractivity (Wildman–Crippen MR) is 93.1 cm³/mol. The molecule has 5 nitrogen and oxygen atoms in total. The molecule has 2 fully saturated rings. The van der Waals surface area contributed by atoms with E-state index < -0.39 is 6.10 Å². The first-order chi connectivity index (χ1) is 11.6. The number of methoxy groups -OCH3 is 1. The minimum Gasteiger partial charge on any atom is -0.497 e. The Kier molecular flexibility index (Phi) is 5.29. The Morgan fingerprint density at radius 2 is 1.75 bits per heavy atom. The van der Waals surface area contributed by atoms with Crippen molar-refractivity contribution < 1.29 is 14.3 Å². The van der Waals surface area contributed by atoms with E-state index in [4.69, 9.17) is 15.2 Å². The van der Waals surface area contributed by atoms with E-state index >= 15 is 0 Å². The van der Waals surface area contributed by atoms with Crippen molar-refractivity contribution in [2.24, 2.45) is 17.6 Å². The first kappa shape index (κ1) is 17.1. The van der Waals surface area contributed by atoms with Crippen LogP contribution in [0.1, 0.15) is 39.0 Å². The summed E-state index contributed by atoms with van der Waals surface area (Å²) in [6, 6.07) is 7.84. The second kappa shape index (κ2) is 7.43.